The first-order chi connectivity index (χ1) is 30.1. The molecule has 3 aromatic rings. The van der Waals surface area contributed by atoms with Crippen molar-refractivity contribution in [3.8, 4) is 0 Å². The minimum absolute atomic E-state index is 0.0201. The highest BCUT2D eigenvalue weighted by Crippen LogP contribution is 2.32. The lowest BCUT2D eigenvalue weighted by Gasteiger charge is -2.13. The number of rotatable bonds is 36. The number of para-hydroxylation sites is 1. The Morgan fingerprint density at radius 3 is 1.47 bits per heavy atom. The van der Waals surface area contributed by atoms with Gasteiger partial charge in [0.1, 0.15) is 12.3 Å². The first-order valence-corrected chi connectivity index (χ1v) is 19.6. The molecular weight excluding hydrogens is 833 g/mol. The molecule has 0 unspecified atom stereocenters. The Morgan fingerprint density at radius 2 is 1.00 bits per heavy atom. The number of ether oxygens (including phenoxy) is 10. The molecule has 0 heterocycles. The fraction of sp³-hybridized carbons (Fsp3) is 0.525. The van der Waals surface area contributed by atoms with Gasteiger partial charge in [-0.2, -0.15) is 13.2 Å². The Bertz CT molecular complexity index is 1740. The van der Waals surface area contributed by atoms with E-state index >= 15 is 0 Å². The number of nitrogens with one attached hydrogen (secondary N) is 2. The zero-order valence-corrected chi connectivity index (χ0v) is 34.1. The molecule has 0 aromatic heterocycles. The minimum atomic E-state index is -4.49. The van der Waals surface area contributed by atoms with Crippen molar-refractivity contribution in [2.24, 2.45) is 0 Å². The van der Waals surface area contributed by atoms with Crippen LogP contribution in [0.4, 0.5) is 41.6 Å². The summed E-state index contributed by atoms with van der Waals surface area (Å²) in [5, 5.41) is 27.7. The quantitative estimate of drug-likeness (QED) is 0.0310. The fourth-order valence-corrected chi connectivity index (χ4v) is 5.02. The van der Waals surface area contributed by atoms with Crippen LogP contribution in [-0.4, -0.2) is 148 Å². The number of halogens is 3. The van der Waals surface area contributed by atoms with Crippen molar-refractivity contribution in [3.63, 3.8) is 0 Å². The number of benzene rings is 3. The van der Waals surface area contributed by atoms with E-state index in [0.29, 0.717) is 105 Å². The number of nitrogens with zero attached hydrogens (tertiary/aromatic N) is 2. The highest BCUT2D eigenvalue weighted by Gasteiger charge is 2.30. The van der Waals surface area contributed by atoms with Crippen LogP contribution >= 0.6 is 0 Å². The maximum atomic E-state index is 13.1. The summed E-state index contributed by atoms with van der Waals surface area (Å²) >= 11 is 0. The highest BCUT2D eigenvalue weighted by molar-refractivity contribution is 5.96. The number of non-ortho nitro benzene ring substituents is 1. The van der Waals surface area contributed by atoms with Crippen molar-refractivity contribution < 1.29 is 75.2 Å². The number of alkyl halides is 3. The van der Waals surface area contributed by atoms with E-state index in [2.05, 4.69) is 10.6 Å². The third kappa shape index (κ3) is 22.2. The summed E-state index contributed by atoms with van der Waals surface area (Å²) in [6.45, 7) is 6.64. The van der Waals surface area contributed by atoms with Gasteiger partial charge in [-0.15, -0.1) is 0 Å². The van der Waals surface area contributed by atoms with E-state index in [0.717, 1.165) is 18.2 Å². The molecule has 0 fully saturated rings. The van der Waals surface area contributed by atoms with Gasteiger partial charge < -0.3 is 58.0 Å². The largest absolute Gasteiger partial charge is 0.460 e. The smallest absolute Gasteiger partial charge is 0.416 e. The molecule has 2 N–H and O–H groups in total. The number of esters is 1. The van der Waals surface area contributed by atoms with Gasteiger partial charge in [-0.3, -0.25) is 20.2 Å². The Kier molecular flexibility index (Phi) is 25.6. The molecule has 0 radical (unpaired) electrons. The SMILES string of the molecule is O=C(OCCOCCOCCOCCOCCOCCOCCOCCOCCOCCNc1ccc([N+](=O)[O-])cc1[N+](=O)[O-])c1ccccc1Nc1cccc(C(F)(F)F)c1. The Balaban J connectivity index is 1.00. The van der Waals surface area contributed by atoms with E-state index in [1.165, 1.54) is 30.3 Å². The van der Waals surface area contributed by atoms with E-state index in [-0.39, 0.29) is 61.3 Å². The number of nitro benzene ring substituents is 2. The lowest BCUT2D eigenvalue weighted by Crippen LogP contribution is -2.16. The monoisotopic (exact) mass is 886 g/mol. The molecule has 3 rings (SSSR count). The van der Waals surface area contributed by atoms with Gasteiger partial charge in [0.05, 0.1) is 152 Å². The highest BCUT2D eigenvalue weighted by atomic mass is 19.4. The molecule has 0 amide bonds. The van der Waals surface area contributed by atoms with Crippen LogP contribution in [0.2, 0.25) is 0 Å². The number of hydrogen-bond donors (Lipinski definition) is 2. The van der Waals surface area contributed by atoms with E-state index in [1.54, 1.807) is 18.2 Å². The average molecular weight is 887 g/mol. The fourth-order valence-electron chi connectivity index (χ4n) is 5.02. The van der Waals surface area contributed by atoms with Gasteiger partial charge in [-0.25, -0.2) is 4.79 Å². The van der Waals surface area contributed by atoms with Crippen LogP contribution in [0.1, 0.15) is 15.9 Å². The van der Waals surface area contributed by atoms with Crippen molar-refractivity contribution >= 4 is 34.4 Å². The second-order valence-electron chi connectivity index (χ2n) is 12.5. The van der Waals surface area contributed by atoms with Gasteiger partial charge >= 0.3 is 12.1 Å². The van der Waals surface area contributed by atoms with Gasteiger partial charge in [0.15, 0.2) is 0 Å². The molecule has 344 valence electrons. The second kappa shape index (κ2) is 30.9. The number of carbonyl (C=O) groups excluding carboxylic acids is 1. The van der Waals surface area contributed by atoms with Crippen LogP contribution < -0.4 is 10.6 Å². The molecule has 0 saturated carbocycles. The normalized spacial score (nSPS) is 11.4. The Labute approximate surface area is 356 Å². The summed E-state index contributed by atoms with van der Waals surface area (Å²) in [5.74, 6) is -0.644. The maximum Gasteiger partial charge on any atom is 0.416 e. The van der Waals surface area contributed by atoms with Crippen molar-refractivity contribution in [2.45, 2.75) is 6.18 Å². The van der Waals surface area contributed by atoms with Crippen LogP contribution in [0, 0.1) is 20.2 Å². The lowest BCUT2D eigenvalue weighted by atomic mass is 10.1. The molecule has 0 atom stereocenters. The summed E-state index contributed by atoms with van der Waals surface area (Å²) in [7, 11) is 0. The van der Waals surface area contributed by atoms with Gasteiger partial charge in [-0.1, -0.05) is 18.2 Å². The lowest BCUT2D eigenvalue weighted by molar-refractivity contribution is -0.393. The van der Waals surface area contributed by atoms with Crippen molar-refractivity contribution in [1.82, 2.24) is 0 Å². The van der Waals surface area contributed by atoms with Gasteiger partial charge in [0, 0.05) is 18.3 Å². The third-order valence-corrected chi connectivity index (χ3v) is 8.00. The van der Waals surface area contributed by atoms with Crippen LogP contribution in [-0.2, 0) is 53.5 Å². The number of nitro groups is 2. The minimum Gasteiger partial charge on any atom is -0.460 e. The third-order valence-electron chi connectivity index (χ3n) is 8.00. The topological polar surface area (TPSA) is 220 Å². The summed E-state index contributed by atoms with van der Waals surface area (Å²) in [6.07, 6.45) is -4.49. The van der Waals surface area contributed by atoms with Crippen LogP contribution in [0.25, 0.3) is 0 Å². The first-order valence-electron chi connectivity index (χ1n) is 19.6. The van der Waals surface area contributed by atoms with E-state index in [4.69, 9.17) is 47.4 Å². The molecule has 3 aromatic carbocycles. The molecule has 0 spiro atoms. The predicted molar refractivity (Wildman–Crippen MR) is 217 cm³/mol. The van der Waals surface area contributed by atoms with E-state index < -0.39 is 27.6 Å². The van der Waals surface area contributed by atoms with Gasteiger partial charge in [0.25, 0.3) is 11.4 Å². The zero-order valence-electron chi connectivity index (χ0n) is 34.1. The summed E-state index contributed by atoms with van der Waals surface area (Å²) in [6, 6.07) is 14.4. The average Bonchev–Trinajstić information content (AvgIpc) is 3.25. The Morgan fingerprint density at radius 1 is 0.532 bits per heavy atom. The first kappa shape index (κ1) is 51.3. The molecule has 0 aliphatic heterocycles. The molecular formula is C40H53F3N4O15. The number of hydrogen-bond acceptors (Lipinski definition) is 17. The molecule has 0 saturated heterocycles. The van der Waals surface area contributed by atoms with E-state index in [1.807, 2.05) is 0 Å². The summed E-state index contributed by atoms with van der Waals surface area (Å²) < 4.78 is 93.4. The van der Waals surface area contributed by atoms with Crippen molar-refractivity contribution in [1.29, 1.82) is 0 Å². The van der Waals surface area contributed by atoms with Gasteiger partial charge in [0.2, 0.25) is 0 Å². The Hall–Kier alpha value is -5.04. The second-order valence-corrected chi connectivity index (χ2v) is 12.5. The molecule has 0 aliphatic carbocycles. The predicted octanol–water partition coefficient (Wildman–Crippen LogP) is 5.68. The number of carbonyl (C=O) groups is 1. The summed E-state index contributed by atoms with van der Waals surface area (Å²) in [5.41, 5.74) is -0.715. The molecule has 19 nitrogen and oxygen atoms in total. The zero-order chi connectivity index (χ0) is 44.7. The van der Waals surface area contributed by atoms with Crippen LogP contribution in [0.5, 0.6) is 0 Å². The van der Waals surface area contributed by atoms with Crippen LogP contribution in [0.3, 0.4) is 0 Å². The molecule has 62 heavy (non-hydrogen) atoms. The maximum absolute atomic E-state index is 13.1. The molecule has 0 aliphatic rings. The van der Waals surface area contributed by atoms with Crippen molar-refractivity contribution in [2.75, 3.05) is 143 Å². The van der Waals surface area contributed by atoms with Crippen LogP contribution in [0.15, 0.2) is 66.7 Å². The number of anilines is 3. The van der Waals surface area contributed by atoms with Gasteiger partial charge in [-0.05, 0) is 36.4 Å². The summed E-state index contributed by atoms with van der Waals surface area (Å²) in [4.78, 5) is 33.2. The standard InChI is InChI=1S/C40H53F3N4O15/c41-40(42,43)32-4-3-5-33(30-32)45-36-7-2-1-6-35(36)39(48)62-29-28-61-27-26-60-25-24-59-23-22-58-21-20-57-19-18-56-17-16-55-15-14-54-13-12-53-11-10-44-37-9-8-34(46(49)50)31-38(37)47(51)52/h1-9,30-31,44-45H,10-29H2. The van der Waals surface area contributed by atoms with E-state index in [9.17, 15) is 38.2 Å². The molecule has 22 heteroatoms. The van der Waals surface area contributed by atoms with Crippen molar-refractivity contribution in [3.05, 3.63) is 98.1 Å². The molecule has 0 bridgehead atoms.